The second-order valence-electron chi connectivity index (χ2n) is 8.02. The summed E-state index contributed by atoms with van der Waals surface area (Å²) in [6.45, 7) is 12.0. The highest BCUT2D eigenvalue weighted by molar-refractivity contribution is 7.15. The van der Waals surface area contributed by atoms with Crippen LogP contribution in [0.15, 0.2) is 16.2 Å². The van der Waals surface area contributed by atoms with Gasteiger partial charge in [0.25, 0.3) is 5.56 Å². The van der Waals surface area contributed by atoms with E-state index in [0.717, 1.165) is 49.1 Å². The van der Waals surface area contributed by atoms with Gasteiger partial charge in [0.2, 0.25) is 0 Å². The van der Waals surface area contributed by atoms with E-state index >= 15 is 0 Å². The van der Waals surface area contributed by atoms with Crippen LogP contribution in [0.4, 0.5) is 0 Å². The molecule has 0 aromatic carbocycles. The molecule has 2 aliphatic heterocycles. The van der Waals surface area contributed by atoms with E-state index in [0.29, 0.717) is 10.8 Å². The van der Waals surface area contributed by atoms with Gasteiger partial charge in [0.1, 0.15) is 0 Å². The molecule has 5 nitrogen and oxygen atoms in total. The molecule has 2 unspecified atom stereocenters. The second kappa shape index (κ2) is 4.88. The number of aromatic nitrogens is 2. The topological polar surface area (TPSA) is 40.9 Å². The molecule has 0 saturated carbocycles. The molecule has 4 heterocycles. The van der Waals surface area contributed by atoms with Crippen LogP contribution in [0.25, 0.3) is 4.96 Å². The molecular formula is C17H24N4OS. The Morgan fingerprint density at radius 2 is 1.87 bits per heavy atom. The summed E-state index contributed by atoms with van der Waals surface area (Å²) in [6, 6.07) is 1.71. The van der Waals surface area contributed by atoms with Crippen molar-refractivity contribution in [1.29, 1.82) is 0 Å². The normalized spacial score (nSPS) is 32.0. The molecule has 124 valence electrons. The minimum Gasteiger partial charge on any atom is -0.305 e. The summed E-state index contributed by atoms with van der Waals surface area (Å²) < 4.78 is 1.70. The third-order valence-corrected chi connectivity index (χ3v) is 6.80. The number of thiazole rings is 1. The van der Waals surface area contributed by atoms with Crippen LogP contribution in [0.1, 0.15) is 25.2 Å². The van der Waals surface area contributed by atoms with Crippen molar-refractivity contribution in [3.8, 4) is 0 Å². The fourth-order valence-electron chi connectivity index (χ4n) is 4.68. The zero-order valence-corrected chi connectivity index (χ0v) is 15.1. The van der Waals surface area contributed by atoms with Gasteiger partial charge >= 0.3 is 0 Å². The Morgan fingerprint density at radius 1 is 1.22 bits per heavy atom. The molecule has 0 aliphatic carbocycles. The first-order chi connectivity index (χ1) is 10.8. The van der Waals surface area contributed by atoms with Gasteiger partial charge in [-0.3, -0.25) is 14.1 Å². The predicted octanol–water partition coefficient (Wildman–Crippen LogP) is 1.84. The second-order valence-corrected chi connectivity index (χ2v) is 8.86. The maximum Gasteiger partial charge on any atom is 0.259 e. The Morgan fingerprint density at radius 3 is 2.52 bits per heavy atom. The first-order valence-electron chi connectivity index (χ1n) is 8.17. The first-order valence-corrected chi connectivity index (χ1v) is 9.05. The van der Waals surface area contributed by atoms with Crippen LogP contribution in [-0.4, -0.2) is 52.4 Å². The summed E-state index contributed by atoms with van der Waals surface area (Å²) in [6.07, 6.45) is 0. The van der Waals surface area contributed by atoms with E-state index in [1.54, 1.807) is 21.8 Å². The SMILES string of the molecule is Cc1csc2nc(CN3CC4(C)CN(C)CC4(C)C3)cc(=O)n12. The number of hydrogen-bond donors (Lipinski definition) is 0. The molecule has 4 rings (SSSR count). The van der Waals surface area contributed by atoms with Crippen molar-refractivity contribution in [3.63, 3.8) is 0 Å². The molecule has 0 bridgehead atoms. The van der Waals surface area contributed by atoms with Gasteiger partial charge in [0.15, 0.2) is 4.96 Å². The molecule has 0 radical (unpaired) electrons. The highest BCUT2D eigenvalue weighted by atomic mass is 32.1. The number of fused-ring (bicyclic) bond motifs is 2. The Kier molecular flexibility index (Phi) is 3.25. The lowest BCUT2D eigenvalue weighted by Crippen LogP contribution is -2.34. The minimum atomic E-state index is 0.0419. The smallest absolute Gasteiger partial charge is 0.259 e. The van der Waals surface area contributed by atoms with Crippen LogP contribution in [-0.2, 0) is 6.54 Å². The molecule has 2 fully saturated rings. The zero-order valence-electron chi connectivity index (χ0n) is 14.3. The molecule has 0 amide bonds. The standard InChI is InChI=1S/C17H24N4OS/c1-12-7-23-15-18-13(5-14(22)21(12)15)6-20-10-16(2)8-19(4)9-17(16,3)11-20/h5,7H,6,8-11H2,1-4H3. The van der Waals surface area contributed by atoms with Crippen LogP contribution in [0, 0.1) is 17.8 Å². The number of hydrogen-bond acceptors (Lipinski definition) is 5. The quantitative estimate of drug-likeness (QED) is 0.841. The van der Waals surface area contributed by atoms with Crippen molar-refractivity contribution >= 4 is 16.3 Å². The van der Waals surface area contributed by atoms with Crippen molar-refractivity contribution in [1.82, 2.24) is 19.2 Å². The van der Waals surface area contributed by atoms with Crippen LogP contribution < -0.4 is 5.56 Å². The van der Waals surface area contributed by atoms with Crippen molar-refractivity contribution in [2.45, 2.75) is 27.3 Å². The summed E-state index contributed by atoms with van der Waals surface area (Å²) in [5.74, 6) is 0. The lowest BCUT2D eigenvalue weighted by Gasteiger charge is -2.31. The molecule has 2 atom stereocenters. The lowest BCUT2D eigenvalue weighted by atomic mass is 9.71. The number of aryl methyl sites for hydroxylation is 1. The summed E-state index contributed by atoms with van der Waals surface area (Å²) in [4.78, 5) is 22.8. The van der Waals surface area contributed by atoms with Crippen molar-refractivity contribution in [2.24, 2.45) is 10.8 Å². The minimum absolute atomic E-state index is 0.0419. The Balaban J connectivity index is 1.60. The van der Waals surface area contributed by atoms with Crippen LogP contribution >= 0.6 is 11.3 Å². The summed E-state index contributed by atoms with van der Waals surface area (Å²) >= 11 is 1.54. The summed E-state index contributed by atoms with van der Waals surface area (Å²) in [7, 11) is 2.22. The maximum atomic E-state index is 12.3. The largest absolute Gasteiger partial charge is 0.305 e. The van der Waals surface area contributed by atoms with Crippen LogP contribution in [0.3, 0.4) is 0 Å². The Labute approximate surface area is 140 Å². The van der Waals surface area contributed by atoms with Gasteiger partial charge in [0.05, 0.1) is 5.69 Å². The van der Waals surface area contributed by atoms with Crippen molar-refractivity contribution in [3.05, 3.63) is 33.2 Å². The molecular weight excluding hydrogens is 308 g/mol. The highest BCUT2D eigenvalue weighted by Crippen LogP contribution is 2.51. The zero-order chi connectivity index (χ0) is 16.4. The van der Waals surface area contributed by atoms with E-state index in [4.69, 9.17) is 4.98 Å². The molecule has 2 saturated heterocycles. The van der Waals surface area contributed by atoms with Gasteiger partial charge in [0, 0.05) is 60.7 Å². The number of rotatable bonds is 2. The fraction of sp³-hybridized carbons (Fsp3) is 0.647. The van der Waals surface area contributed by atoms with Gasteiger partial charge < -0.3 is 4.90 Å². The third-order valence-electron chi connectivity index (χ3n) is 5.85. The Bertz CT molecular complexity index is 808. The molecule has 0 spiro atoms. The van der Waals surface area contributed by atoms with E-state index < -0.39 is 0 Å². The average Bonchev–Trinajstić information content (AvgIpc) is 2.95. The average molecular weight is 332 g/mol. The van der Waals surface area contributed by atoms with Crippen LogP contribution in [0.5, 0.6) is 0 Å². The third kappa shape index (κ3) is 2.27. The first kappa shape index (κ1) is 15.3. The van der Waals surface area contributed by atoms with Crippen LogP contribution in [0.2, 0.25) is 0 Å². The van der Waals surface area contributed by atoms with Crippen molar-refractivity contribution < 1.29 is 0 Å². The van der Waals surface area contributed by atoms with Gasteiger partial charge in [-0.1, -0.05) is 13.8 Å². The van der Waals surface area contributed by atoms with Gasteiger partial charge in [-0.2, -0.15) is 0 Å². The fourth-order valence-corrected chi connectivity index (χ4v) is 5.57. The number of likely N-dealkylation sites (tertiary alicyclic amines) is 2. The molecule has 2 aromatic heterocycles. The van der Waals surface area contributed by atoms with Crippen molar-refractivity contribution in [2.75, 3.05) is 33.2 Å². The maximum absolute atomic E-state index is 12.3. The van der Waals surface area contributed by atoms with E-state index in [1.165, 1.54) is 0 Å². The predicted molar refractivity (Wildman–Crippen MR) is 93.1 cm³/mol. The van der Waals surface area contributed by atoms with E-state index in [-0.39, 0.29) is 5.56 Å². The Hall–Kier alpha value is -1.24. The monoisotopic (exact) mass is 332 g/mol. The van der Waals surface area contributed by atoms with Gasteiger partial charge in [-0.25, -0.2) is 4.98 Å². The van der Waals surface area contributed by atoms with E-state index in [1.807, 2.05) is 12.3 Å². The highest BCUT2D eigenvalue weighted by Gasteiger charge is 2.56. The summed E-state index contributed by atoms with van der Waals surface area (Å²) in [5.41, 5.74) is 2.58. The molecule has 23 heavy (non-hydrogen) atoms. The molecule has 2 aliphatic rings. The molecule has 0 N–H and O–H groups in total. The summed E-state index contributed by atoms with van der Waals surface area (Å²) in [5, 5.41) is 1.99. The van der Waals surface area contributed by atoms with Gasteiger partial charge in [-0.15, -0.1) is 11.3 Å². The molecule has 6 heteroatoms. The molecule has 2 aromatic rings. The lowest BCUT2D eigenvalue weighted by molar-refractivity contribution is 0.212. The van der Waals surface area contributed by atoms with E-state index in [9.17, 15) is 4.79 Å². The number of nitrogens with zero attached hydrogens (tertiary/aromatic N) is 4. The van der Waals surface area contributed by atoms with E-state index in [2.05, 4.69) is 30.7 Å². The van der Waals surface area contributed by atoms with Gasteiger partial charge in [-0.05, 0) is 14.0 Å².